The molecular formula is C31H31NO7. The summed E-state index contributed by atoms with van der Waals surface area (Å²) in [6.45, 7) is 3.56. The van der Waals surface area contributed by atoms with Crippen LogP contribution in [0.15, 0.2) is 72.3 Å². The molecule has 0 bridgehead atoms. The van der Waals surface area contributed by atoms with Gasteiger partial charge < -0.3 is 24.1 Å². The minimum Gasteiger partial charge on any atom is -0.507 e. The molecule has 1 fully saturated rings. The van der Waals surface area contributed by atoms with E-state index in [4.69, 9.17) is 18.9 Å². The van der Waals surface area contributed by atoms with Crippen molar-refractivity contribution in [3.63, 3.8) is 0 Å². The fourth-order valence-electron chi connectivity index (χ4n) is 4.81. The standard InChI is InChI=1S/C31H31NO7/c1-3-4-5-15-37-23-12-9-20(10-13-23)29(33)27-28(21-7-6-8-24(18-21)36-2)32(31(35)30(27)34)22-11-14-25-26(19-22)39-17-16-38-25/h6-14,18-19,28,33H,3-5,15-17H2,1-2H3/b29-27+. The van der Waals surface area contributed by atoms with E-state index in [1.54, 1.807) is 73.8 Å². The highest BCUT2D eigenvalue weighted by Crippen LogP contribution is 2.45. The molecule has 2 heterocycles. The fraction of sp³-hybridized carbons (Fsp3) is 0.290. The number of fused-ring (bicyclic) bond motifs is 1. The number of carbonyl (C=O) groups excluding carboxylic acids is 2. The van der Waals surface area contributed by atoms with Crippen LogP contribution in [0.1, 0.15) is 43.4 Å². The Labute approximate surface area is 227 Å². The smallest absolute Gasteiger partial charge is 0.300 e. The molecule has 0 saturated carbocycles. The summed E-state index contributed by atoms with van der Waals surface area (Å²) >= 11 is 0. The zero-order valence-electron chi connectivity index (χ0n) is 22.0. The summed E-state index contributed by atoms with van der Waals surface area (Å²) < 4.78 is 22.5. The van der Waals surface area contributed by atoms with Crippen LogP contribution in [-0.4, -0.2) is 43.7 Å². The lowest BCUT2D eigenvalue weighted by Crippen LogP contribution is -2.29. The van der Waals surface area contributed by atoms with E-state index in [0.717, 1.165) is 19.3 Å². The van der Waals surface area contributed by atoms with Gasteiger partial charge >= 0.3 is 0 Å². The van der Waals surface area contributed by atoms with Gasteiger partial charge in [-0.05, 0) is 60.5 Å². The van der Waals surface area contributed by atoms with Crippen molar-refractivity contribution in [2.75, 3.05) is 31.8 Å². The first kappa shape index (κ1) is 26.2. The van der Waals surface area contributed by atoms with Gasteiger partial charge in [-0.3, -0.25) is 14.5 Å². The number of ether oxygens (including phenoxy) is 4. The molecule has 0 radical (unpaired) electrons. The number of Topliss-reactive ketones (excluding diaryl/α,β-unsaturated/α-hetero) is 1. The third-order valence-corrected chi connectivity index (χ3v) is 6.80. The average Bonchev–Trinajstić information content (AvgIpc) is 3.25. The van der Waals surface area contributed by atoms with Gasteiger partial charge in [-0.15, -0.1) is 0 Å². The number of methoxy groups -OCH3 is 1. The Kier molecular flexibility index (Phi) is 7.72. The van der Waals surface area contributed by atoms with E-state index in [9.17, 15) is 14.7 Å². The van der Waals surface area contributed by atoms with Crippen molar-refractivity contribution in [3.8, 4) is 23.0 Å². The number of aliphatic hydroxyl groups is 1. The predicted octanol–water partition coefficient (Wildman–Crippen LogP) is 5.66. The normalized spacial score (nSPS) is 17.8. The Morgan fingerprint density at radius 2 is 1.72 bits per heavy atom. The highest BCUT2D eigenvalue weighted by molar-refractivity contribution is 6.51. The minimum atomic E-state index is -0.896. The van der Waals surface area contributed by atoms with E-state index < -0.39 is 17.7 Å². The van der Waals surface area contributed by atoms with Crippen LogP contribution in [0.3, 0.4) is 0 Å². The Hall–Kier alpha value is -4.46. The van der Waals surface area contributed by atoms with Crippen LogP contribution >= 0.6 is 0 Å². The molecule has 39 heavy (non-hydrogen) atoms. The van der Waals surface area contributed by atoms with Crippen LogP contribution in [0, 0.1) is 0 Å². The Morgan fingerprint density at radius 1 is 0.949 bits per heavy atom. The Bertz CT molecular complexity index is 1400. The number of ketones is 1. The summed E-state index contributed by atoms with van der Waals surface area (Å²) in [4.78, 5) is 28.4. The van der Waals surface area contributed by atoms with E-state index >= 15 is 0 Å². The summed E-state index contributed by atoms with van der Waals surface area (Å²) in [5.41, 5.74) is 1.45. The number of carbonyl (C=O) groups is 2. The fourth-order valence-corrected chi connectivity index (χ4v) is 4.81. The zero-order valence-corrected chi connectivity index (χ0v) is 22.0. The van der Waals surface area contributed by atoms with Crippen LogP contribution in [0.4, 0.5) is 5.69 Å². The molecule has 5 rings (SSSR count). The first-order valence-corrected chi connectivity index (χ1v) is 13.1. The number of aliphatic hydroxyl groups excluding tert-OH is 1. The molecule has 8 heteroatoms. The second-order valence-electron chi connectivity index (χ2n) is 9.35. The van der Waals surface area contributed by atoms with Crippen molar-refractivity contribution >= 4 is 23.1 Å². The zero-order chi connectivity index (χ0) is 27.4. The molecule has 3 aromatic rings. The molecule has 202 valence electrons. The van der Waals surface area contributed by atoms with Gasteiger partial charge in [-0.1, -0.05) is 31.9 Å². The molecule has 0 spiro atoms. The summed E-state index contributed by atoms with van der Waals surface area (Å²) in [6, 6.07) is 18.2. The number of anilines is 1. The molecule has 1 atom stereocenters. The maximum absolute atomic E-state index is 13.5. The second-order valence-corrected chi connectivity index (χ2v) is 9.35. The SMILES string of the molecule is CCCCCOc1ccc(/C(O)=C2\C(=O)C(=O)N(c3ccc4c(c3)OCCO4)C2c2cccc(OC)c2)cc1. The van der Waals surface area contributed by atoms with Crippen LogP contribution in [0.5, 0.6) is 23.0 Å². The van der Waals surface area contributed by atoms with E-state index in [2.05, 4.69) is 6.92 Å². The summed E-state index contributed by atoms with van der Waals surface area (Å²) in [5.74, 6) is 0.482. The number of rotatable bonds is 9. The maximum atomic E-state index is 13.5. The summed E-state index contributed by atoms with van der Waals surface area (Å²) in [5, 5.41) is 11.4. The number of hydrogen-bond donors (Lipinski definition) is 1. The van der Waals surface area contributed by atoms with Crippen LogP contribution in [0.25, 0.3) is 5.76 Å². The van der Waals surface area contributed by atoms with Gasteiger partial charge in [0.15, 0.2) is 11.5 Å². The van der Waals surface area contributed by atoms with Crippen LogP contribution < -0.4 is 23.8 Å². The van der Waals surface area contributed by atoms with Crippen molar-refractivity contribution in [2.45, 2.75) is 32.2 Å². The minimum absolute atomic E-state index is 0.0141. The lowest BCUT2D eigenvalue weighted by molar-refractivity contribution is -0.132. The number of amides is 1. The second kappa shape index (κ2) is 11.5. The Morgan fingerprint density at radius 3 is 2.46 bits per heavy atom. The number of hydrogen-bond acceptors (Lipinski definition) is 7. The molecule has 1 N–H and O–H groups in total. The maximum Gasteiger partial charge on any atom is 0.300 e. The third kappa shape index (κ3) is 5.27. The van der Waals surface area contributed by atoms with Crippen molar-refractivity contribution in [1.82, 2.24) is 0 Å². The number of unbranched alkanes of at least 4 members (excludes halogenated alkanes) is 2. The molecule has 1 saturated heterocycles. The topological polar surface area (TPSA) is 94.5 Å². The van der Waals surface area contributed by atoms with Gasteiger partial charge in [0.05, 0.1) is 25.3 Å². The van der Waals surface area contributed by atoms with Crippen molar-refractivity contribution in [1.29, 1.82) is 0 Å². The number of benzene rings is 3. The largest absolute Gasteiger partial charge is 0.507 e. The lowest BCUT2D eigenvalue weighted by Gasteiger charge is -2.27. The van der Waals surface area contributed by atoms with E-state index in [0.29, 0.717) is 59.6 Å². The summed E-state index contributed by atoms with van der Waals surface area (Å²) in [7, 11) is 1.54. The lowest BCUT2D eigenvalue weighted by atomic mass is 9.95. The molecule has 3 aromatic carbocycles. The molecule has 0 aliphatic carbocycles. The first-order chi connectivity index (χ1) is 19.0. The molecule has 2 aliphatic heterocycles. The van der Waals surface area contributed by atoms with Crippen LogP contribution in [0.2, 0.25) is 0 Å². The molecule has 1 unspecified atom stereocenters. The average molecular weight is 530 g/mol. The molecular weight excluding hydrogens is 498 g/mol. The summed E-state index contributed by atoms with van der Waals surface area (Å²) in [6.07, 6.45) is 3.16. The highest BCUT2D eigenvalue weighted by Gasteiger charge is 2.47. The monoisotopic (exact) mass is 529 g/mol. The molecule has 2 aliphatic rings. The molecule has 8 nitrogen and oxygen atoms in total. The highest BCUT2D eigenvalue weighted by atomic mass is 16.6. The van der Waals surface area contributed by atoms with Crippen molar-refractivity contribution in [3.05, 3.63) is 83.4 Å². The number of nitrogens with zero attached hydrogens (tertiary/aromatic N) is 1. The van der Waals surface area contributed by atoms with E-state index in [-0.39, 0.29) is 11.3 Å². The van der Waals surface area contributed by atoms with Gasteiger partial charge in [-0.25, -0.2) is 0 Å². The van der Waals surface area contributed by atoms with Gasteiger partial charge in [0.1, 0.15) is 30.5 Å². The quantitative estimate of drug-likeness (QED) is 0.165. The van der Waals surface area contributed by atoms with Crippen molar-refractivity contribution < 1.29 is 33.6 Å². The van der Waals surface area contributed by atoms with E-state index in [1.807, 2.05) is 0 Å². The predicted molar refractivity (Wildman–Crippen MR) is 147 cm³/mol. The van der Waals surface area contributed by atoms with Crippen LogP contribution in [-0.2, 0) is 9.59 Å². The van der Waals surface area contributed by atoms with Gasteiger partial charge in [0.25, 0.3) is 11.7 Å². The third-order valence-electron chi connectivity index (χ3n) is 6.80. The van der Waals surface area contributed by atoms with E-state index in [1.165, 1.54) is 4.90 Å². The first-order valence-electron chi connectivity index (χ1n) is 13.1. The van der Waals surface area contributed by atoms with Crippen molar-refractivity contribution in [2.24, 2.45) is 0 Å². The Balaban J connectivity index is 1.56. The van der Waals surface area contributed by atoms with Gasteiger partial charge in [0, 0.05) is 17.3 Å². The molecule has 0 aromatic heterocycles. The van der Waals surface area contributed by atoms with Gasteiger partial charge in [-0.2, -0.15) is 0 Å². The molecule has 1 amide bonds. The van der Waals surface area contributed by atoms with Gasteiger partial charge in [0.2, 0.25) is 0 Å².